The fraction of sp³-hybridized carbons (Fsp3) is 0.750. The molecule has 2 heterocycles. The molecule has 1 atom stereocenters. The third-order valence-corrected chi connectivity index (χ3v) is 7.48. The summed E-state index contributed by atoms with van der Waals surface area (Å²) in [7, 11) is 1.80. The second-order valence-electron chi connectivity index (χ2n) is 8.75. The Labute approximate surface area is 183 Å². The standard InChI is InChI=1S/C24H41N3OS/c1-4-27-12-6-8-23(27)20-26(19-22-7-5-9-24(17-22)29-3)18-21-10-13-25(14-11-21)15-16-28-2/h5,7,9,17,21,23H,4,6,8,10-16,18-20H2,1-3H3. The molecule has 0 bridgehead atoms. The van der Waals surface area contributed by atoms with Crippen molar-refractivity contribution in [3.05, 3.63) is 29.8 Å². The summed E-state index contributed by atoms with van der Waals surface area (Å²) in [5.41, 5.74) is 1.47. The van der Waals surface area contributed by atoms with Crippen LogP contribution >= 0.6 is 11.8 Å². The lowest BCUT2D eigenvalue weighted by atomic mass is 9.95. The molecule has 29 heavy (non-hydrogen) atoms. The van der Waals surface area contributed by atoms with Crippen molar-refractivity contribution in [2.24, 2.45) is 5.92 Å². The summed E-state index contributed by atoms with van der Waals surface area (Å²) in [5.74, 6) is 0.828. The fourth-order valence-corrected chi connectivity index (χ4v) is 5.51. The van der Waals surface area contributed by atoms with E-state index in [1.54, 1.807) is 7.11 Å². The van der Waals surface area contributed by atoms with E-state index in [0.29, 0.717) is 0 Å². The molecule has 2 fully saturated rings. The summed E-state index contributed by atoms with van der Waals surface area (Å²) >= 11 is 1.85. The van der Waals surface area contributed by atoms with E-state index in [2.05, 4.69) is 52.1 Å². The van der Waals surface area contributed by atoms with Crippen molar-refractivity contribution >= 4 is 11.8 Å². The van der Waals surface area contributed by atoms with E-state index in [0.717, 1.165) is 31.7 Å². The van der Waals surface area contributed by atoms with Crippen molar-refractivity contribution < 1.29 is 4.74 Å². The van der Waals surface area contributed by atoms with Gasteiger partial charge < -0.3 is 9.64 Å². The molecule has 1 unspecified atom stereocenters. The number of thioether (sulfide) groups is 1. The number of likely N-dealkylation sites (N-methyl/N-ethyl adjacent to an activating group) is 1. The molecule has 1 aromatic carbocycles. The van der Waals surface area contributed by atoms with Gasteiger partial charge in [-0.15, -0.1) is 11.8 Å². The predicted molar refractivity (Wildman–Crippen MR) is 125 cm³/mol. The van der Waals surface area contributed by atoms with Gasteiger partial charge in [-0.1, -0.05) is 19.1 Å². The third-order valence-electron chi connectivity index (χ3n) is 6.75. The van der Waals surface area contributed by atoms with Crippen LogP contribution in [0.3, 0.4) is 0 Å². The van der Waals surface area contributed by atoms with Crippen molar-refractivity contribution in [2.75, 3.05) is 65.8 Å². The van der Waals surface area contributed by atoms with Crippen LogP contribution in [0.25, 0.3) is 0 Å². The normalized spacial score (nSPS) is 22.0. The average Bonchev–Trinajstić information content (AvgIpc) is 3.20. The van der Waals surface area contributed by atoms with Gasteiger partial charge in [0, 0.05) is 44.2 Å². The molecule has 164 valence electrons. The highest BCUT2D eigenvalue weighted by molar-refractivity contribution is 7.98. The van der Waals surface area contributed by atoms with E-state index in [9.17, 15) is 0 Å². The first kappa shape index (κ1) is 23.1. The highest BCUT2D eigenvalue weighted by atomic mass is 32.2. The second kappa shape index (κ2) is 12.3. The van der Waals surface area contributed by atoms with Gasteiger partial charge in [0.2, 0.25) is 0 Å². The highest BCUT2D eigenvalue weighted by Crippen LogP contribution is 2.24. The number of rotatable bonds is 11. The fourth-order valence-electron chi connectivity index (χ4n) is 5.03. The van der Waals surface area contributed by atoms with Crippen LogP contribution in [0.4, 0.5) is 0 Å². The number of ether oxygens (including phenoxy) is 1. The number of nitrogens with zero attached hydrogens (tertiary/aromatic N) is 3. The van der Waals surface area contributed by atoms with Crippen LogP contribution in [0.15, 0.2) is 29.2 Å². The first-order chi connectivity index (χ1) is 14.2. The van der Waals surface area contributed by atoms with Gasteiger partial charge >= 0.3 is 0 Å². The van der Waals surface area contributed by atoms with Gasteiger partial charge in [-0.25, -0.2) is 0 Å². The molecule has 0 saturated carbocycles. The van der Waals surface area contributed by atoms with E-state index >= 15 is 0 Å². The highest BCUT2D eigenvalue weighted by Gasteiger charge is 2.27. The SMILES string of the molecule is CCN1CCCC1CN(Cc1cccc(SC)c1)CC1CCN(CCOC)CC1. The lowest BCUT2D eigenvalue weighted by Crippen LogP contribution is -2.44. The molecule has 0 aromatic heterocycles. The van der Waals surface area contributed by atoms with E-state index in [4.69, 9.17) is 4.74 Å². The molecule has 4 nitrogen and oxygen atoms in total. The third kappa shape index (κ3) is 7.25. The van der Waals surface area contributed by atoms with Crippen LogP contribution in [0.1, 0.15) is 38.2 Å². The monoisotopic (exact) mass is 419 g/mol. The zero-order valence-electron chi connectivity index (χ0n) is 18.8. The first-order valence-corrected chi connectivity index (χ1v) is 12.7. The Morgan fingerprint density at radius 1 is 1.14 bits per heavy atom. The van der Waals surface area contributed by atoms with Crippen molar-refractivity contribution in [1.82, 2.24) is 14.7 Å². The van der Waals surface area contributed by atoms with Crippen molar-refractivity contribution in [3.8, 4) is 0 Å². The Morgan fingerprint density at radius 3 is 2.69 bits per heavy atom. The zero-order valence-corrected chi connectivity index (χ0v) is 19.6. The Kier molecular flexibility index (Phi) is 9.80. The largest absolute Gasteiger partial charge is 0.383 e. The van der Waals surface area contributed by atoms with E-state index in [-0.39, 0.29) is 0 Å². The molecule has 0 aliphatic carbocycles. The number of hydrogen-bond donors (Lipinski definition) is 0. The predicted octanol–water partition coefficient (Wildman–Crippen LogP) is 4.05. The Hall–Kier alpha value is -0.590. The first-order valence-electron chi connectivity index (χ1n) is 11.5. The minimum absolute atomic E-state index is 0.741. The molecule has 3 rings (SSSR count). The van der Waals surface area contributed by atoms with E-state index in [1.807, 2.05) is 11.8 Å². The lowest BCUT2D eigenvalue weighted by molar-refractivity contribution is 0.0964. The molecular weight excluding hydrogens is 378 g/mol. The molecule has 5 heteroatoms. The average molecular weight is 420 g/mol. The molecular formula is C24H41N3OS. The summed E-state index contributed by atoms with van der Waals surface area (Å²) in [6.45, 7) is 12.8. The van der Waals surface area contributed by atoms with Crippen LogP contribution in [-0.2, 0) is 11.3 Å². The van der Waals surface area contributed by atoms with Gasteiger partial charge in [-0.05, 0) is 81.7 Å². The maximum absolute atomic E-state index is 5.26. The van der Waals surface area contributed by atoms with Gasteiger partial charge in [0.25, 0.3) is 0 Å². The van der Waals surface area contributed by atoms with Gasteiger partial charge in [0.15, 0.2) is 0 Å². The van der Waals surface area contributed by atoms with Crippen LogP contribution in [0, 0.1) is 5.92 Å². The Morgan fingerprint density at radius 2 is 1.97 bits per heavy atom. The van der Waals surface area contributed by atoms with Crippen LogP contribution in [-0.4, -0.2) is 86.5 Å². The van der Waals surface area contributed by atoms with E-state index in [1.165, 1.54) is 75.4 Å². The van der Waals surface area contributed by atoms with E-state index < -0.39 is 0 Å². The minimum Gasteiger partial charge on any atom is -0.383 e. The van der Waals surface area contributed by atoms with Gasteiger partial charge in [-0.3, -0.25) is 9.80 Å². The maximum atomic E-state index is 5.26. The van der Waals surface area contributed by atoms with Crippen molar-refractivity contribution in [1.29, 1.82) is 0 Å². The summed E-state index contributed by atoms with van der Waals surface area (Å²) in [6.07, 6.45) is 7.56. The molecule has 0 N–H and O–H groups in total. The molecule has 0 amide bonds. The summed E-state index contributed by atoms with van der Waals surface area (Å²) in [5, 5.41) is 0. The Balaban J connectivity index is 1.59. The summed E-state index contributed by atoms with van der Waals surface area (Å²) in [4.78, 5) is 9.42. The van der Waals surface area contributed by atoms with Gasteiger partial charge in [0.05, 0.1) is 6.61 Å². The molecule has 2 aliphatic heterocycles. The zero-order chi connectivity index (χ0) is 20.5. The van der Waals surface area contributed by atoms with Crippen LogP contribution in [0.2, 0.25) is 0 Å². The smallest absolute Gasteiger partial charge is 0.0589 e. The topological polar surface area (TPSA) is 19.0 Å². The number of likely N-dealkylation sites (tertiary alicyclic amines) is 2. The number of piperidine rings is 1. The maximum Gasteiger partial charge on any atom is 0.0589 e. The van der Waals surface area contributed by atoms with Crippen LogP contribution < -0.4 is 0 Å². The lowest BCUT2D eigenvalue weighted by Gasteiger charge is -2.36. The molecule has 2 aliphatic rings. The molecule has 0 radical (unpaired) electrons. The molecule has 2 saturated heterocycles. The van der Waals surface area contributed by atoms with Crippen molar-refractivity contribution in [3.63, 3.8) is 0 Å². The summed E-state index contributed by atoms with van der Waals surface area (Å²) < 4.78 is 5.26. The van der Waals surface area contributed by atoms with Gasteiger partial charge in [0.1, 0.15) is 0 Å². The number of methoxy groups -OCH3 is 1. The minimum atomic E-state index is 0.741. The molecule has 1 aromatic rings. The number of benzene rings is 1. The van der Waals surface area contributed by atoms with Crippen LogP contribution in [0.5, 0.6) is 0 Å². The second-order valence-corrected chi connectivity index (χ2v) is 9.63. The quantitative estimate of drug-likeness (QED) is 0.502. The number of hydrogen-bond acceptors (Lipinski definition) is 5. The molecule has 0 spiro atoms. The van der Waals surface area contributed by atoms with Crippen molar-refractivity contribution in [2.45, 2.75) is 50.1 Å². The van der Waals surface area contributed by atoms with Gasteiger partial charge in [-0.2, -0.15) is 0 Å². The Bertz CT molecular complexity index is 591. The summed E-state index contributed by atoms with van der Waals surface area (Å²) in [6, 6.07) is 9.89.